The van der Waals surface area contributed by atoms with Crippen LogP contribution in [0, 0.1) is 12.8 Å². The third-order valence-corrected chi connectivity index (χ3v) is 6.88. The van der Waals surface area contributed by atoms with Gasteiger partial charge in [-0.25, -0.2) is 8.42 Å². The van der Waals surface area contributed by atoms with E-state index < -0.39 is 9.84 Å². The van der Waals surface area contributed by atoms with Crippen molar-refractivity contribution in [2.75, 3.05) is 12.8 Å². The number of nitrogens with one attached hydrogen (secondary N) is 1. The number of aromatic nitrogens is 2. The Morgan fingerprint density at radius 2 is 2.19 bits per heavy atom. The molecule has 0 amide bonds. The summed E-state index contributed by atoms with van der Waals surface area (Å²) in [5.74, 6) is 0.353. The summed E-state index contributed by atoms with van der Waals surface area (Å²) in [5, 5.41) is 7.52. The molecule has 2 rings (SSSR count). The first-order chi connectivity index (χ1) is 9.93. The molecule has 0 saturated heterocycles. The zero-order chi connectivity index (χ0) is 15.5. The van der Waals surface area contributed by atoms with Crippen LogP contribution in [-0.4, -0.2) is 36.1 Å². The third-order valence-electron chi connectivity index (χ3n) is 4.33. The van der Waals surface area contributed by atoms with Crippen LogP contribution in [0.3, 0.4) is 0 Å². The van der Waals surface area contributed by atoms with Crippen LogP contribution in [0.5, 0.6) is 0 Å². The minimum atomic E-state index is -2.95. The van der Waals surface area contributed by atoms with Crippen molar-refractivity contribution in [2.24, 2.45) is 5.92 Å². The van der Waals surface area contributed by atoms with Crippen molar-refractivity contribution in [3.8, 4) is 0 Å². The van der Waals surface area contributed by atoms with Crippen molar-refractivity contribution in [2.45, 2.75) is 57.2 Å². The Kier molecular flexibility index (Phi) is 5.73. The highest BCUT2D eigenvalue weighted by Gasteiger charge is 2.34. The van der Waals surface area contributed by atoms with Crippen molar-refractivity contribution >= 4 is 21.4 Å². The topological polar surface area (TPSA) is 72.0 Å². The van der Waals surface area contributed by atoms with Crippen LogP contribution in [0.25, 0.3) is 0 Å². The Balaban J connectivity index is 2.18. The van der Waals surface area contributed by atoms with Gasteiger partial charge < -0.3 is 5.32 Å². The number of nitrogens with zero attached hydrogens (tertiary/aromatic N) is 2. The highest BCUT2D eigenvalue weighted by atomic mass is 32.2. The Morgan fingerprint density at radius 3 is 2.76 bits per heavy atom. The number of hydrogen-bond acceptors (Lipinski definition) is 6. The Hall–Kier alpha value is -0.530. The smallest absolute Gasteiger partial charge is 0.150 e. The molecule has 0 aliphatic heterocycles. The van der Waals surface area contributed by atoms with Gasteiger partial charge in [-0.1, -0.05) is 17.8 Å². The molecule has 1 heterocycles. The Morgan fingerprint density at radius 1 is 1.43 bits per heavy atom. The molecule has 120 valence electrons. The molecule has 0 bridgehead atoms. The molecule has 21 heavy (non-hydrogen) atoms. The second kappa shape index (κ2) is 7.15. The summed E-state index contributed by atoms with van der Waals surface area (Å²) >= 11 is 1.44. The van der Waals surface area contributed by atoms with Gasteiger partial charge in [0, 0.05) is 12.3 Å². The van der Waals surface area contributed by atoms with Gasteiger partial charge in [-0.15, -0.1) is 5.10 Å². The Bertz CT molecular complexity index is 556. The second-order valence-corrected chi connectivity index (χ2v) is 9.14. The highest BCUT2D eigenvalue weighted by molar-refractivity contribution is 7.91. The van der Waals surface area contributed by atoms with Gasteiger partial charge in [-0.2, -0.15) is 0 Å². The van der Waals surface area contributed by atoms with Gasteiger partial charge in [-0.05, 0) is 56.6 Å². The van der Waals surface area contributed by atoms with E-state index in [1.807, 2.05) is 6.92 Å². The van der Waals surface area contributed by atoms with E-state index in [2.05, 4.69) is 21.8 Å². The van der Waals surface area contributed by atoms with Gasteiger partial charge in [0.05, 0.1) is 15.8 Å². The van der Waals surface area contributed by atoms with E-state index >= 15 is 0 Å². The molecule has 1 saturated carbocycles. The lowest BCUT2D eigenvalue weighted by Crippen LogP contribution is -2.35. The van der Waals surface area contributed by atoms with Gasteiger partial charge in [0.15, 0.2) is 0 Å². The van der Waals surface area contributed by atoms with Crippen molar-refractivity contribution in [3.05, 3.63) is 10.6 Å². The zero-order valence-corrected chi connectivity index (χ0v) is 14.6. The number of hydrogen-bond donors (Lipinski definition) is 1. The molecule has 1 fully saturated rings. The van der Waals surface area contributed by atoms with E-state index in [1.54, 1.807) is 0 Å². The summed E-state index contributed by atoms with van der Waals surface area (Å²) in [5.41, 5.74) is 0.968. The summed E-state index contributed by atoms with van der Waals surface area (Å²) in [4.78, 5) is 1.17. The highest BCUT2D eigenvalue weighted by Crippen LogP contribution is 2.38. The van der Waals surface area contributed by atoms with Crippen LogP contribution in [-0.2, 0) is 9.84 Å². The first kappa shape index (κ1) is 16.8. The predicted molar refractivity (Wildman–Crippen MR) is 86.3 cm³/mol. The average molecular weight is 332 g/mol. The number of rotatable bonds is 6. The maximum Gasteiger partial charge on any atom is 0.150 e. The van der Waals surface area contributed by atoms with E-state index in [0.717, 1.165) is 44.3 Å². The molecule has 7 heteroatoms. The molecule has 1 aromatic rings. The summed E-state index contributed by atoms with van der Waals surface area (Å²) in [6.45, 7) is 5.06. The van der Waals surface area contributed by atoms with Gasteiger partial charge in [0.1, 0.15) is 9.84 Å². The molecule has 0 spiro atoms. The molecular weight excluding hydrogens is 306 g/mol. The normalized spacial score (nSPS) is 24.9. The quantitative estimate of drug-likeness (QED) is 0.867. The van der Waals surface area contributed by atoms with E-state index in [9.17, 15) is 8.42 Å². The molecular formula is C14H25N3O2S2. The first-order valence-electron chi connectivity index (χ1n) is 7.64. The minimum Gasteiger partial charge on any atom is -0.309 e. The van der Waals surface area contributed by atoms with Crippen molar-refractivity contribution < 1.29 is 8.42 Å². The van der Waals surface area contributed by atoms with Gasteiger partial charge >= 0.3 is 0 Å². The zero-order valence-electron chi connectivity index (χ0n) is 13.0. The molecule has 5 nitrogen and oxygen atoms in total. The SMILES string of the molecule is CCCNC(c1snnc1C)C1CCCC(S(C)(=O)=O)C1. The summed E-state index contributed by atoms with van der Waals surface area (Å²) in [6, 6.07) is 0.189. The average Bonchev–Trinajstić information content (AvgIpc) is 2.85. The molecule has 0 aromatic carbocycles. The van der Waals surface area contributed by atoms with E-state index in [0.29, 0.717) is 5.92 Å². The lowest BCUT2D eigenvalue weighted by Gasteiger charge is -2.34. The molecule has 3 atom stereocenters. The molecule has 3 unspecified atom stereocenters. The fourth-order valence-electron chi connectivity index (χ4n) is 3.17. The first-order valence-corrected chi connectivity index (χ1v) is 10.4. The van der Waals surface area contributed by atoms with E-state index in [4.69, 9.17) is 0 Å². The second-order valence-electron chi connectivity index (χ2n) is 6.03. The Labute approximate surface area is 131 Å². The van der Waals surface area contributed by atoms with Gasteiger partial charge in [0.2, 0.25) is 0 Å². The van der Waals surface area contributed by atoms with Crippen molar-refractivity contribution in [1.82, 2.24) is 14.9 Å². The van der Waals surface area contributed by atoms with Gasteiger partial charge in [-0.3, -0.25) is 0 Å². The van der Waals surface area contributed by atoms with E-state index in [-0.39, 0.29) is 11.3 Å². The minimum absolute atomic E-state index is 0.189. The molecule has 1 aromatic heterocycles. The fraction of sp³-hybridized carbons (Fsp3) is 0.857. The molecule has 1 aliphatic carbocycles. The maximum absolute atomic E-state index is 11.9. The monoisotopic (exact) mass is 331 g/mol. The third kappa shape index (κ3) is 4.23. The molecule has 0 radical (unpaired) electrons. The van der Waals surface area contributed by atoms with Crippen LogP contribution < -0.4 is 5.32 Å². The number of sulfone groups is 1. The van der Waals surface area contributed by atoms with Gasteiger partial charge in [0.25, 0.3) is 0 Å². The van der Waals surface area contributed by atoms with Crippen molar-refractivity contribution in [1.29, 1.82) is 0 Å². The summed E-state index contributed by atoms with van der Waals surface area (Å²) in [7, 11) is -2.95. The van der Waals surface area contributed by atoms with Crippen molar-refractivity contribution in [3.63, 3.8) is 0 Å². The largest absolute Gasteiger partial charge is 0.309 e. The number of aryl methyl sites for hydroxylation is 1. The van der Waals surface area contributed by atoms with E-state index in [1.165, 1.54) is 22.7 Å². The maximum atomic E-state index is 11.9. The van der Waals surface area contributed by atoms with Crippen LogP contribution >= 0.6 is 11.5 Å². The summed E-state index contributed by atoms with van der Waals surface area (Å²) < 4.78 is 27.8. The molecule has 1 aliphatic rings. The fourth-order valence-corrected chi connectivity index (χ4v) is 5.17. The van der Waals surface area contributed by atoms with Crippen LogP contribution in [0.1, 0.15) is 55.6 Å². The van der Waals surface area contributed by atoms with Crippen LogP contribution in [0.2, 0.25) is 0 Å². The lowest BCUT2D eigenvalue weighted by molar-refractivity contribution is 0.275. The molecule has 1 N–H and O–H groups in total. The standard InChI is InChI=1S/C14H25N3O2S2/c1-4-8-15-13(14-10(2)16-17-20-14)11-6-5-7-12(9-11)21(3,18)19/h11-13,15H,4-9H2,1-3H3. The summed E-state index contributed by atoms with van der Waals surface area (Å²) in [6.07, 6.45) is 6.04. The van der Waals surface area contributed by atoms with Crippen LogP contribution in [0.15, 0.2) is 0 Å². The predicted octanol–water partition coefficient (Wildman–Crippen LogP) is 2.49. The van der Waals surface area contributed by atoms with Crippen LogP contribution in [0.4, 0.5) is 0 Å². The lowest BCUT2D eigenvalue weighted by atomic mass is 9.82.